The largest absolute Gasteiger partial charge is 0.306 e. The van der Waals surface area contributed by atoms with Gasteiger partial charge < -0.3 is 5.32 Å². The maximum absolute atomic E-state index is 13.9. The van der Waals surface area contributed by atoms with E-state index in [1.165, 1.54) is 12.1 Å². The van der Waals surface area contributed by atoms with E-state index in [-0.39, 0.29) is 12.1 Å². The molecule has 0 fully saturated rings. The van der Waals surface area contributed by atoms with Crippen LogP contribution in [0.2, 0.25) is 0 Å². The highest BCUT2D eigenvalue weighted by molar-refractivity contribution is 5.35. The average molecular weight is 301 g/mol. The van der Waals surface area contributed by atoms with Gasteiger partial charge in [0.05, 0.1) is 6.04 Å². The van der Waals surface area contributed by atoms with Crippen LogP contribution in [0.25, 0.3) is 0 Å². The molecule has 0 aromatic heterocycles. The summed E-state index contributed by atoms with van der Waals surface area (Å²) in [7, 11) is 0. The Morgan fingerprint density at radius 3 is 2.14 bits per heavy atom. The van der Waals surface area contributed by atoms with Gasteiger partial charge in [0.1, 0.15) is 17.5 Å². The fourth-order valence-electron chi connectivity index (χ4n) is 2.14. The summed E-state index contributed by atoms with van der Waals surface area (Å²) in [4.78, 5) is 0. The van der Waals surface area contributed by atoms with Crippen LogP contribution in [0.4, 0.5) is 22.0 Å². The minimum atomic E-state index is -1.26. The zero-order valence-corrected chi connectivity index (χ0v) is 11.1. The summed E-state index contributed by atoms with van der Waals surface area (Å²) in [5.41, 5.74) is -0.802. The van der Waals surface area contributed by atoms with Crippen molar-refractivity contribution in [3.8, 4) is 0 Å². The quantitative estimate of drug-likeness (QED) is 0.839. The van der Waals surface area contributed by atoms with Gasteiger partial charge in [-0.25, -0.2) is 22.0 Å². The molecule has 1 unspecified atom stereocenters. The number of hydrogen-bond acceptors (Lipinski definition) is 1. The molecule has 112 valence electrons. The second kappa shape index (κ2) is 6.22. The third-order valence-electron chi connectivity index (χ3n) is 3.03. The number of rotatable bonds is 4. The number of hydrogen-bond donors (Lipinski definition) is 1. The fourth-order valence-corrected chi connectivity index (χ4v) is 2.14. The molecule has 6 heteroatoms. The standard InChI is InChI=1S/C15H12F5N/c1-2-21-15(9-4-3-5-10(17)14(9)20)13-11(18)6-8(16)7-12(13)19/h3-7,15,21H,2H2,1H3. The first-order chi connectivity index (χ1) is 9.95. The predicted molar refractivity (Wildman–Crippen MR) is 68.2 cm³/mol. The van der Waals surface area contributed by atoms with Gasteiger partial charge in [0, 0.05) is 23.3 Å². The molecule has 0 saturated heterocycles. The highest BCUT2D eigenvalue weighted by Gasteiger charge is 2.25. The van der Waals surface area contributed by atoms with Crippen molar-refractivity contribution in [1.82, 2.24) is 5.32 Å². The van der Waals surface area contributed by atoms with Crippen molar-refractivity contribution in [2.45, 2.75) is 13.0 Å². The molecule has 0 aliphatic heterocycles. The lowest BCUT2D eigenvalue weighted by Crippen LogP contribution is -2.25. The van der Waals surface area contributed by atoms with E-state index < -0.39 is 40.7 Å². The first-order valence-corrected chi connectivity index (χ1v) is 6.27. The number of halogens is 5. The molecule has 0 bridgehead atoms. The summed E-state index contributed by atoms with van der Waals surface area (Å²) in [6, 6.07) is 3.09. The second-order valence-corrected chi connectivity index (χ2v) is 4.42. The molecule has 2 rings (SSSR count). The number of nitrogens with one attached hydrogen (secondary N) is 1. The fraction of sp³-hybridized carbons (Fsp3) is 0.200. The number of benzene rings is 2. The summed E-state index contributed by atoms with van der Waals surface area (Å²) in [6.45, 7) is 1.89. The molecule has 2 aromatic rings. The topological polar surface area (TPSA) is 12.0 Å². The Morgan fingerprint density at radius 2 is 1.57 bits per heavy atom. The Hall–Kier alpha value is -1.95. The molecule has 0 amide bonds. The Kier molecular flexibility index (Phi) is 4.57. The molecule has 2 aromatic carbocycles. The van der Waals surface area contributed by atoms with Crippen molar-refractivity contribution in [1.29, 1.82) is 0 Å². The van der Waals surface area contributed by atoms with Crippen molar-refractivity contribution in [2.75, 3.05) is 6.54 Å². The normalized spacial score (nSPS) is 12.5. The molecule has 0 heterocycles. The Balaban J connectivity index is 2.62. The van der Waals surface area contributed by atoms with Crippen LogP contribution >= 0.6 is 0 Å². The minimum absolute atomic E-state index is 0.247. The summed E-state index contributed by atoms with van der Waals surface area (Å²) in [6.07, 6.45) is 0. The van der Waals surface area contributed by atoms with E-state index in [1.807, 2.05) is 0 Å². The van der Waals surface area contributed by atoms with Gasteiger partial charge in [-0.15, -0.1) is 0 Å². The second-order valence-electron chi connectivity index (χ2n) is 4.42. The van der Waals surface area contributed by atoms with Crippen molar-refractivity contribution in [3.63, 3.8) is 0 Å². The minimum Gasteiger partial charge on any atom is -0.306 e. The highest BCUT2D eigenvalue weighted by atomic mass is 19.2. The molecular formula is C15H12F5N. The van der Waals surface area contributed by atoms with Gasteiger partial charge in [-0.1, -0.05) is 19.1 Å². The van der Waals surface area contributed by atoms with E-state index in [9.17, 15) is 22.0 Å². The van der Waals surface area contributed by atoms with E-state index in [0.29, 0.717) is 12.1 Å². The maximum atomic E-state index is 13.9. The van der Waals surface area contributed by atoms with Crippen LogP contribution in [0.15, 0.2) is 30.3 Å². The summed E-state index contributed by atoms with van der Waals surface area (Å²) < 4.78 is 67.9. The zero-order chi connectivity index (χ0) is 15.6. The van der Waals surface area contributed by atoms with Crippen LogP contribution in [0.1, 0.15) is 24.1 Å². The maximum Gasteiger partial charge on any atom is 0.163 e. The first-order valence-electron chi connectivity index (χ1n) is 6.27. The summed E-state index contributed by atoms with van der Waals surface area (Å²) >= 11 is 0. The molecule has 0 aliphatic rings. The SMILES string of the molecule is CCNC(c1cccc(F)c1F)c1c(F)cc(F)cc1F. The highest BCUT2D eigenvalue weighted by Crippen LogP contribution is 2.30. The van der Waals surface area contributed by atoms with E-state index in [0.717, 1.165) is 6.07 Å². The van der Waals surface area contributed by atoms with Crippen LogP contribution in [0, 0.1) is 29.1 Å². The van der Waals surface area contributed by atoms with Gasteiger partial charge in [0.2, 0.25) is 0 Å². The van der Waals surface area contributed by atoms with Crippen LogP contribution < -0.4 is 5.32 Å². The lowest BCUT2D eigenvalue weighted by molar-refractivity contribution is 0.460. The summed E-state index contributed by atoms with van der Waals surface area (Å²) in [5, 5.41) is 2.68. The van der Waals surface area contributed by atoms with Gasteiger partial charge in [0.25, 0.3) is 0 Å². The molecule has 0 saturated carbocycles. The van der Waals surface area contributed by atoms with Crippen LogP contribution in [-0.2, 0) is 0 Å². The predicted octanol–water partition coefficient (Wildman–Crippen LogP) is 4.08. The van der Waals surface area contributed by atoms with Crippen LogP contribution in [0.5, 0.6) is 0 Å². The molecule has 0 spiro atoms. The third kappa shape index (κ3) is 3.05. The molecule has 1 nitrogen and oxygen atoms in total. The van der Waals surface area contributed by atoms with Gasteiger partial charge >= 0.3 is 0 Å². The molecule has 0 radical (unpaired) electrons. The monoisotopic (exact) mass is 301 g/mol. The lowest BCUT2D eigenvalue weighted by Gasteiger charge is -2.21. The van der Waals surface area contributed by atoms with E-state index in [1.54, 1.807) is 6.92 Å². The third-order valence-corrected chi connectivity index (χ3v) is 3.03. The smallest absolute Gasteiger partial charge is 0.163 e. The van der Waals surface area contributed by atoms with Crippen molar-refractivity contribution in [2.24, 2.45) is 0 Å². The lowest BCUT2D eigenvalue weighted by atomic mass is 9.96. The van der Waals surface area contributed by atoms with E-state index >= 15 is 0 Å². The van der Waals surface area contributed by atoms with Crippen LogP contribution in [-0.4, -0.2) is 6.54 Å². The van der Waals surface area contributed by atoms with Gasteiger partial charge in [0.15, 0.2) is 11.6 Å². The molecule has 21 heavy (non-hydrogen) atoms. The molecule has 1 atom stereocenters. The Morgan fingerprint density at radius 1 is 0.952 bits per heavy atom. The Bertz CT molecular complexity index is 634. The molecular weight excluding hydrogens is 289 g/mol. The molecule has 1 N–H and O–H groups in total. The van der Waals surface area contributed by atoms with Crippen molar-refractivity contribution >= 4 is 0 Å². The van der Waals surface area contributed by atoms with Gasteiger partial charge in [-0.3, -0.25) is 0 Å². The average Bonchev–Trinajstić information content (AvgIpc) is 2.40. The Labute approximate surface area is 118 Å². The van der Waals surface area contributed by atoms with E-state index in [4.69, 9.17) is 0 Å². The summed E-state index contributed by atoms with van der Waals surface area (Å²) in [5.74, 6) is -5.74. The molecule has 0 aliphatic carbocycles. The van der Waals surface area contributed by atoms with Crippen molar-refractivity contribution in [3.05, 3.63) is 70.5 Å². The van der Waals surface area contributed by atoms with Crippen LogP contribution in [0.3, 0.4) is 0 Å². The van der Waals surface area contributed by atoms with Gasteiger partial charge in [-0.2, -0.15) is 0 Å². The van der Waals surface area contributed by atoms with Gasteiger partial charge in [-0.05, 0) is 12.6 Å². The zero-order valence-electron chi connectivity index (χ0n) is 11.1. The van der Waals surface area contributed by atoms with E-state index in [2.05, 4.69) is 5.32 Å². The van der Waals surface area contributed by atoms with Crippen molar-refractivity contribution < 1.29 is 22.0 Å². The first kappa shape index (κ1) is 15.4.